The minimum Gasteiger partial charge on any atom is -0.356 e. The Kier molecular flexibility index (Phi) is 6.88. The molecule has 3 heterocycles. The first-order chi connectivity index (χ1) is 17.6. The summed E-state index contributed by atoms with van der Waals surface area (Å²) >= 11 is 0. The van der Waals surface area contributed by atoms with Crippen LogP contribution in [-0.2, 0) is 16.4 Å². The fourth-order valence-corrected chi connectivity index (χ4v) is 6.82. The molecule has 0 amide bonds. The fourth-order valence-electron chi connectivity index (χ4n) is 5.49. The topological polar surface area (TPSA) is 78.4 Å². The number of sulfonamides is 1. The number of alkyl halides is 3. The predicted molar refractivity (Wildman–Crippen MR) is 136 cm³/mol. The van der Waals surface area contributed by atoms with Crippen molar-refractivity contribution in [1.82, 2.24) is 19.6 Å². The Morgan fingerprint density at radius 2 is 1.76 bits per heavy atom. The number of anilines is 1. The van der Waals surface area contributed by atoms with Crippen molar-refractivity contribution in [3.8, 4) is 0 Å². The first-order valence-corrected chi connectivity index (χ1v) is 13.9. The standard InChI is InChI=1S/C26H30F3N5O2S/c1-2-23(32-37(35,36)20-6-4-3-5-7-20)34-16-25(17-34)10-12-33(13-11-25)24-21-14-19(15-26(27,28)29)8-9-22(21)30-18-31-24/h3-9,14,18,23,32H,2,10-13,15-17H2,1H3. The zero-order chi connectivity index (χ0) is 26.3. The minimum atomic E-state index is -4.28. The van der Waals surface area contributed by atoms with E-state index in [1.165, 1.54) is 12.4 Å². The molecule has 11 heteroatoms. The van der Waals surface area contributed by atoms with Crippen LogP contribution >= 0.6 is 0 Å². The second kappa shape index (κ2) is 9.85. The molecule has 3 aromatic rings. The van der Waals surface area contributed by atoms with Crippen molar-refractivity contribution in [2.45, 2.75) is 49.8 Å². The molecular formula is C26H30F3N5O2S. The first kappa shape index (κ1) is 25.9. The molecule has 2 aromatic carbocycles. The molecule has 0 bridgehead atoms. The van der Waals surface area contributed by atoms with E-state index in [0.717, 1.165) is 39.0 Å². The van der Waals surface area contributed by atoms with Crippen LogP contribution in [0.5, 0.6) is 0 Å². The Hall–Kier alpha value is -2.76. The van der Waals surface area contributed by atoms with Crippen LogP contribution in [0, 0.1) is 5.41 Å². The largest absolute Gasteiger partial charge is 0.393 e. The maximum atomic E-state index is 12.9. The molecule has 198 valence electrons. The number of piperidine rings is 1. The number of hydrogen-bond acceptors (Lipinski definition) is 6. The molecule has 1 spiro atoms. The van der Waals surface area contributed by atoms with E-state index < -0.39 is 22.6 Å². The highest BCUT2D eigenvalue weighted by Crippen LogP contribution is 2.43. The van der Waals surface area contributed by atoms with Crippen LogP contribution in [0.3, 0.4) is 0 Å². The van der Waals surface area contributed by atoms with E-state index in [1.54, 1.807) is 42.5 Å². The number of rotatable bonds is 7. The number of halogens is 3. The summed E-state index contributed by atoms with van der Waals surface area (Å²) in [6, 6.07) is 13.0. The van der Waals surface area contributed by atoms with Gasteiger partial charge in [-0.25, -0.2) is 18.4 Å². The van der Waals surface area contributed by atoms with Crippen LogP contribution in [0.25, 0.3) is 10.9 Å². The maximum absolute atomic E-state index is 12.9. The van der Waals surface area contributed by atoms with Gasteiger partial charge in [0.15, 0.2) is 0 Å². The summed E-state index contributed by atoms with van der Waals surface area (Å²) in [5, 5.41) is 0.636. The number of nitrogens with one attached hydrogen (secondary N) is 1. The van der Waals surface area contributed by atoms with Gasteiger partial charge in [0.1, 0.15) is 12.1 Å². The number of nitrogens with zero attached hydrogens (tertiary/aromatic N) is 4. The molecule has 0 radical (unpaired) electrons. The summed E-state index contributed by atoms with van der Waals surface area (Å²) in [7, 11) is -3.60. The summed E-state index contributed by atoms with van der Waals surface area (Å²) in [5.74, 6) is 0.669. The number of likely N-dealkylation sites (tertiary alicyclic amines) is 1. The van der Waals surface area contributed by atoms with Gasteiger partial charge < -0.3 is 4.90 Å². The van der Waals surface area contributed by atoms with Gasteiger partial charge >= 0.3 is 6.18 Å². The van der Waals surface area contributed by atoms with Gasteiger partial charge in [-0.05, 0) is 54.5 Å². The molecule has 1 atom stereocenters. The number of benzene rings is 2. The van der Waals surface area contributed by atoms with Crippen molar-refractivity contribution in [3.63, 3.8) is 0 Å². The van der Waals surface area contributed by atoms with Gasteiger partial charge in [0.05, 0.1) is 23.0 Å². The third kappa shape index (κ3) is 5.58. The first-order valence-electron chi connectivity index (χ1n) is 12.4. The van der Waals surface area contributed by atoms with Crippen LogP contribution in [-0.4, -0.2) is 61.8 Å². The van der Waals surface area contributed by atoms with E-state index >= 15 is 0 Å². The van der Waals surface area contributed by atoms with Crippen LogP contribution in [0.1, 0.15) is 31.7 Å². The van der Waals surface area contributed by atoms with Crippen molar-refractivity contribution in [2.24, 2.45) is 5.41 Å². The van der Waals surface area contributed by atoms with Crippen molar-refractivity contribution >= 4 is 26.7 Å². The molecular weight excluding hydrogens is 503 g/mol. The summed E-state index contributed by atoms with van der Waals surface area (Å²) in [6.07, 6.45) is -1.61. The molecule has 1 unspecified atom stereocenters. The molecule has 5 rings (SSSR count). The zero-order valence-electron chi connectivity index (χ0n) is 20.6. The molecule has 2 saturated heterocycles. The van der Waals surface area contributed by atoms with E-state index in [9.17, 15) is 21.6 Å². The quantitative estimate of drug-likeness (QED) is 0.487. The lowest BCUT2D eigenvalue weighted by atomic mass is 9.71. The normalized spacial score (nSPS) is 19.2. The highest BCUT2D eigenvalue weighted by Gasteiger charge is 2.47. The second-order valence-electron chi connectivity index (χ2n) is 10.1. The molecule has 2 fully saturated rings. The Morgan fingerprint density at radius 1 is 1.05 bits per heavy atom. The van der Waals surface area contributed by atoms with Crippen molar-refractivity contribution < 1.29 is 21.6 Å². The molecule has 2 aliphatic heterocycles. The summed E-state index contributed by atoms with van der Waals surface area (Å²) in [5.41, 5.74) is 0.928. The number of hydrogen-bond donors (Lipinski definition) is 1. The van der Waals surface area contributed by atoms with E-state index in [0.29, 0.717) is 23.1 Å². The van der Waals surface area contributed by atoms with Gasteiger partial charge in [-0.2, -0.15) is 17.9 Å². The molecule has 1 aromatic heterocycles. The summed E-state index contributed by atoms with van der Waals surface area (Å²) in [4.78, 5) is 13.2. The van der Waals surface area contributed by atoms with Gasteiger partial charge in [-0.3, -0.25) is 4.90 Å². The Labute approximate surface area is 214 Å². The fraction of sp³-hybridized carbons (Fsp3) is 0.462. The van der Waals surface area contributed by atoms with E-state index in [2.05, 4.69) is 24.5 Å². The molecule has 37 heavy (non-hydrogen) atoms. The average Bonchev–Trinajstić information content (AvgIpc) is 2.85. The Morgan fingerprint density at radius 3 is 2.41 bits per heavy atom. The predicted octanol–water partition coefficient (Wildman–Crippen LogP) is 4.35. The van der Waals surface area contributed by atoms with Crippen LogP contribution in [0.4, 0.5) is 19.0 Å². The maximum Gasteiger partial charge on any atom is 0.393 e. The SMILES string of the molecule is CCC(NS(=O)(=O)c1ccccc1)N1CC2(CCN(c3ncnc4ccc(CC(F)(F)F)cc34)CC2)C1. The molecule has 7 nitrogen and oxygen atoms in total. The van der Waals surface area contributed by atoms with Gasteiger partial charge in [0, 0.05) is 31.6 Å². The number of fused-ring (bicyclic) bond motifs is 1. The van der Waals surface area contributed by atoms with E-state index in [4.69, 9.17) is 0 Å². The highest BCUT2D eigenvalue weighted by molar-refractivity contribution is 7.89. The van der Waals surface area contributed by atoms with Crippen molar-refractivity contribution in [3.05, 3.63) is 60.4 Å². The third-order valence-electron chi connectivity index (χ3n) is 7.46. The van der Waals surface area contributed by atoms with Gasteiger partial charge in [-0.15, -0.1) is 0 Å². The lowest BCUT2D eigenvalue weighted by Gasteiger charge is -2.56. The second-order valence-corrected chi connectivity index (χ2v) is 11.8. The highest BCUT2D eigenvalue weighted by atomic mass is 32.2. The van der Waals surface area contributed by atoms with Crippen LogP contribution in [0.15, 0.2) is 59.8 Å². The molecule has 2 aliphatic rings. The summed E-state index contributed by atoms with van der Waals surface area (Å²) < 4.78 is 67.3. The van der Waals surface area contributed by atoms with Gasteiger partial charge in [0.2, 0.25) is 10.0 Å². The molecule has 0 saturated carbocycles. The smallest absolute Gasteiger partial charge is 0.356 e. The van der Waals surface area contributed by atoms with E-state index in [-0.39, 0.29) is 22.0 Å². The van der Waals surface area contributed by atoms with Gasteiger partial charge in [0.25, 0.3) is 0 Å². The van der Waals surface area contributed by atoms with Crippen LogP contribution in [0.2, 0.25) is 0 Å². The molecule has 0 aliphatic carbocycles. The zero-order valence-corrected chi connectivity index (χ0v) is 21.4. The monoisotopic (exact) mass is 533 g/mol. The third-order valence-corrected chi connectivity index (χ3v) is 8.93. The number of aromatic nitrogens is 2. The summed E-state index contributed by atoms with van der Waals surface area (Å²) in [6.45, 7) is 5.04. The van der Waals surface area contributed by atoms with E-state index in [1.807, 2.05) is 6.92 Å². The van der Waals surface area contributed by atoms with Crippen LogP contribution < -0.4 is 9.62 Å². The van der Waals surface area contributed by atoms with Crippen molar-refractivity contribution in [1.29, 1.82) is 0 Å². The molecule has 1 N–H and O–H groups in total. The van der Waals surface area contributed by atoms with Crippen molar-refractivity contribution in [2.75, 3.05) is 31.1 Å². The minimum absolute atomic E-state index is 0.104. The lowest BCUT2D eigenvalue weighted by molar-refractivity contribution is -0.127. The lowest BCUT2D eigenvalue weighted by Crippen LogP contribution is -2.65. The average molecular weight is 534 g/mol. The van der Waals surface area contributed by atoms with Gasteiger partial charge in [-0.1, -0.05) is 31.2 Å². The Balaban J connectivity index is 1.23. The Bertz CT molecular complexity index is 1350.